The molecule has 0 aliphatic carbocycles. The fourth-order valence-electron chi connectivity index (χ4n) is 4.86. The first kappa shape index (κ1) is 15.5. The number of fused-ring (bicyclic) bond motifs is 7. The Morgan fingerprint density at radius 3 is 2.80 bits per heavy atom. The summed E-state index contributed by atoms with van der Waals surface area (Å²) in [5.74, 6) is 1.58. The number of aromatic amines is 1. The second-order valence-corrected chi connectivity index (χ2v) is 7.15. The Morgan fingerprint density at radius 1 is 1.12 bits per heavy atom. The lowest BCUT2D eigenvalue weighted by molar-refractivity contribution is -0.120. The van der Waals surface area contributed by atoms with Crippen LogP contribution in [-0.2, 0) is 11.2 Å². The second kappa shape index (κ2) is 5.90. The summed E-state index contributed by atoms with van der Waals surface area (Å²) in [6, 6.07) is 4.64. The highest BCUT2D eigenvalue weighted by Gasteiger charge is 2.41. The van der Waals surface area contributed by atoms with Gasteiger partial charge in [0.25, 0.3) is 0 Å². The zero-order valence-electron chi connectivity index (χ0n) is 14.9. The van der Waals surface area contributed by atoms with Gasteiger partial charge in [0.2, 0.25) is 0 Å². The van der Waals surface area contributed by atoms with Crippen LogP contribution in [0.15, 0.2) is 12.1 Å². The molecule has 2 fully saturated rings. The van der Waals surface area contributed by atoms with Gasteiger partial charge in [-0.05, 0) is 24.5 Å². The molecule has 2 atom stereocenters. The summed E-state index contributed by atoms with van der Waals surface area (Å²) in [7, 11) is 3.39. The van der Waals surface area contributed by atoms with E-state index >= 15 is 0 Å². The van der Waals surface area contributed by atoms with Crippen LogP contribution >= 0.6 is 0 Å². The average molecular weight is 343 g/mol. The number of aromatic nitrogens is 1. The number of ether oxygens (including phenoxy) is 3. The number of benzene rings is 1. The minimum Gasteiger partial charge on any atom is -0.493 e. The van der Waals surface area contributed by atoms with Gasteiger partial charge >= 0.3 is 0 Å². The zero-order chi connectivity index (χ0) is 17.0. The summed E-state index contributed by atoms with van der Waals surface area (Å²) >= 11 is 0. The van der Waals surface area contributed by atoms with Crippen molar-refractivity contribution in [2.45, 2.75) is 25.0 Å². The Hall–Kier alpha value is -1.76. The third kappa shape index (κ3) is 2.28. The largest absolute Gasteiger partial charge is 0.493 e. The summed E-state index contributed by atoms with van der Waals surface area (Å²) in [5.41, 5.74) is 3.97. The summed E-state index contributed by atoms with van der Waals surface area (Å²) in [5, 5.41) is 1.27. The van der Waals surface area contributed by atoms with Gasteiger partial charge in [-0.25, -0.2) is 0 Å². The van der Waals surface area contributed by atoms with Gasteiger partial charge in [0.1, 0.15) is 0 Å². The summed E-state index contributed by atoms with van der Waals surface area (Å²) in [4.78, 5) is 8.92. The Kier molecular flexibility index (Phi) is 3.66. The lowest BCUT2D eigenvalue weighted by atomic mass is 9.92. The number of hydrogen-bond acceptors (Lipinski definition) is 5. The number of nitrogens with one attached hydrogen (secondary N) is 1. The van der Waals surface area contributed by atoms with E-state index < -0.39 is 0 Å². The van der Waals surface area contributed by atoms with Crippen LogP contribution in [0, 0.1) is 0 Å². The summed E-state index contributed by atoms with van der Waals surface area (Å²) < 4.78 is 16.8. The van der Waals surface area contributed by atoms with Crippen molar-refractivity contribution in [1.82, 2.24) is 14.8 Å². The third-order valence-electron chi connectivity index (χ3n) is 6.08. The Labute approximate surface area is 147 Å². The van der Waals surface area contributed by atoms with Gasteiger partial charge in [0.15, 0.2) is 11.5 Å². The van der Waals surface area contributed by atoms with Crippen LogP contribution in [0.3, 0.4) is 0 Å². The minimum atomic E-state index is 0.427. The van der Waals surface area contributed by atoms with Crippen LogP contribution in [0.5, 0.6) is 11.5 Å². The highest BCUT2D eigenvalue weighted by molar-refractivity contribution is 5.88. The normalized spacial score (nSPS) is 26.8. The van der Waals surface area contributed by atoms with E-state index in [1.165, 1.54) is 23.1 Å². The van der Waals surface area contributed by atoms with Crippen LogP contribution in [-0.4, -0.2) is 68.0 Å². The molecule has 1 aromatic heterocycles. The maximum atomic E-state index is 5.77. The minimum absolute atomic E-state index is 0.427. The molecule has 3 aliphatic heterocycles. The van der Waals surface area contributed by atoms with Crippen molar-refractivity contribution >= 4 is 10.9 Å². The lowest BCUT2D eigenvalue weighted by Gasteiger charge is -2.51. The standard InChI is InChI=1S/C19H25N3O3/c1-23-16-9-13-12-3-6-22-15(4-5-21-7-8-25-11-18(21)22)19(12)20-14(13)10-17(16)24-2/h9-10,15,18,20H,3-8,11H2,1-2H3/t15-,18-/m0/s1. The molecule has 0 unspecified atom stereocenters. The van der Waals surface area contributed by atoms with Crippen molar-refractivity contribution in [3.63, 3.8) is 0 Å². The molecule has 2 saturated heterocycles. The molecule has 6 nitrogen and oxygen atoms in total. The van der Waals surface area contributed by atoms with Crippen molar-refractivity contribution in [3.05, 3.63) is 23.4 Å². The molecule has 4 heterocycles. The van der Waals surface area contributed by atoms with E-state index in [4.69, 9.17) is 14.2 Å². The van der Waals surface area contributed by atoms with Crippen molar-refractivity contribution in [1.29, 1.82) is 0 Å². The fraction of sp³-hybridized carbons (Fsp3) is 0.579. The molecular formula is C19H25N3O3. The number of nitrogens with zero attached hydrogens (tertiary/aromatic N) is 2. The van der Waals surface area contributed by atoms with Crippen LogP contribution in [0.4, 0.5) is 0 Å². The molecule has 0 amide bonds. The summed E-state index contributed by atoms with van der Waals surface area (Å²) in [6.45, 7) is 4.99. The number of morpholine rings is 1. The van der Waals surface area contributed by atoms with E-state index in [1.807, 2.05) is 0 Å². The van der Waals surface area contributed by atoms with Crippen molar-refractivity contribution in [3.8, 4) is 11.5 Å². The highest BCUT2D eigenvalue weighted by Crippen LogP contribution is 2.43. The molecule has 5 rings (SSSR count). The predicted molar refractivity (Wildman–Crippen MR) is 95.4 cm³/mol. The van der Waals surface area contributed by atoms with Crippen molar-refractivity contribution in [2.75, 3.05) is 47.1 Å². The van der Waals surface area contributed by atoms with E-state index in [-0.39, 0.29) is 0 Å². The van der Waals surface area contributed by atoms with Gasteiger partial charge in [-0.2, -0.15) is 0 Å². The zero-order valence-corrected chi connectivity index (χ0v) is 14.9. The topological polar surface area (TPSA) is 50.0 Å². The first-order valence-corrected chi connectivity index (χ1v) is 9.14. The first-order valence-electron chi connectivity index (χ1n) is 9.14. The van der Waals surface area contributed by atoms with E-state index in [1.54, 1.807) is 14.2 Å². The van der Waals surface area contributed by atoms with Gasteiger partial charge in [0, 0.05) is 42.3 Å². The molecule has 25 heavy (non-hydrogen) atoms. The van der Waals surface area contributed by atoms with Gasteiger partial charge in [0.05, 0.1) is 39.6 Å². The molecule has 3 aliphatic rings. The number of hydrogen-bond donors (Lipinski definition) is 1. The van der Waals surface area contributed by atoms with E-state index in [0.29, 0.717) is 12.2 Å². The van der Waals surface area contributed by atoms with Crippen LogP contribution in [0.2, 0.25) is 0 Å². The molecule has 0 radical (unpaired) electrons. The Bertz CT molecular complexity index is 803. The maximum Gasteiger partial charge on any atom is 0.162 e. The van der Waals surface area contributed by atoms with Gasteiger partial charge in [-0.15, -0.1) is 0 Å². The third-order valence-corrected chi connectivity index (χ3v) is 6.08. The number of methoxy groups -OCH3 is 2. The number of rotatable bonds is 2. The molecule has 1 aromatic carbocycles. The van der Waals surface area contributed by atoms with Gasteiger partial charge in [-0.1, -0.05) is 0 Å². The van der Waals surface area contributed by atoms with E-state index in [2.05, 4.69) is 26.9 Å². The van der Waals surface area contributed by atoms with Crippen LogP contribution < -0.4 is 9.47 Å². The lowest BCUT2D eigenvalue weighted by Crippen LogP contribution is -2.61. The molecule has 134 valence electrons. The average Bonchev–Trinajstić information content (AvgIpc) is 3.04. The molecular weight excluding hydrogens is 318 g/mol. The van der Waals surface area contributed by atoms with Crippen LogP contribution in [0.25, 0.3) is 10.9 Å². The Morgan fingerprint density at radius 2 is 1.96 bits per heavy atom. The molecule has 0 bridgehead atoms. The first-order chi connectivity index (χ1) is 12.3. The van der Waals surface area contributed by atoms with Gasteiger partial charge in [-0.3, -0.25) is 9.80 Å². The predicted octanol–water partition coefficient (Wildman–Crippen LogP) is 2.15. The molecule has 1 N–H and O–H groups in total. The van der Waals surface area contributed by atoms with Gasteiger partial charge < -0.3 is 19.2 Å². The molecule has 6 heteroatoms. The van der Waals surface area contributed by atoms with E-state index in [0.717, 1.165) is 56.3 Å². The molecule has 2 aromatic rings. The monoisotopic (exact) mass is 343 g/mol. The highest BCUT2D eigenvalue weighted by atomic mass is 16.5. The molecule has 0 spiro atoms. The quantitative estimate of drug-likeness (QED) is 0.905. The van der Waals surface area contributed by atoms with Crippen LogP contribution in [0.1, 0.15) is 23.7 Å². The molecule has 0 saturated carbocycles. The Balaban J connectivity index is 1.57. The number of H-pyrrole nitrogens is 1. The summed E-state index contributed by atoms with van der Waals surface area (Å²) in [6.07, 6.45) is 2.66. The van der Waals surface area contributed by atoms with Crippen molar-refractivity contribution < 1.29 is 14.2 Å². The smallest absolute Gasteiger partial charge is 0.162 e. The second-order valence-electron chi connectivity index (χ2n) is 7.15. The maximum absolute atomic E-state index is 5.77. The SMILES string of the molecule is COc1cc2[nH]c3c(c2cc1OC)CCN1[C@H]3CCN2CCOC[C@@H]21. The van der Waals surface area contributed by atoms with E-state index in [9.17, 15) is 0 Å². The van der Waals surface area contributed by atoms with Crippen molar-refractivity contribution in [2.24, 2.45) is 0 Å². The fourth-order valence-corrected chi connectivity index (χ4v) is 4.86.